The van der Waals surface area contributed by atoms with Gasteiger partial charge in [-0.25, -0.2) is 0 Å². The third-order valence-corrected chi connectivity index (χ3v) is 2.18. The zero-order chi connectivity index (χ0) is 11.3. The summed E-state index contributed by atoms with van der Waals surface area (Å²) in [4.78, 5) is 11.7. The Morgan fingerprint density at radius 1 is 1.07 bits per heavy atom. The van der Waals surface area contributed by atoms with Crippen molar-refractivity contribution in [1.82, 2.24) is 0 Å². The lowest BCUT2D eigenvalue weighted by molar-refractivity contribution is -0.154. The van der Waals surface area contributed by atoms with Crippen LogP contribution in [-0.4, -0.2) is 12.1 Å². The molecule has 2 nitrogen and oxygen atoms in total. The van der Waals surface area contributed by atoms with Crippen LogP contribution in [0.25, 0.3) is 0 Å². The van der Waals surface area contributed by atoms with Crippen molar-refractivity contribution in [1.29, 1.82) is 0 Å². The van der Waals surface area contributed by atoms with Crippen LogP contribution in [0.1, 0.15) is 48.0 Å². The highest BCUT2D eigenvalue weighted by Gasteiger charge is 2.25. The molecule has 0 heterocycles. The van der Waals surface area contributed by atoms with E-state index in [1.807, 2.05) is 13.8 Å². The minimum Gasteiger partial charge on any atom is -0.463 e. The molecule has 0 aromatic heterocycles. The fraction of sp³-hybridized carbons (Fsp3) is 0.917. The van der Waals surface area contributed by atoms with Crippen molar-refractivity contribution < 1.29 is 9.53 Å². The minimum atomic E-state index is -0.0382. The molecule has 0 saturated heterocycles. The normalized spacial score (nSPS) is 13.8. The van der Waals surface area contributed by atoms with Crippen LogP contribution in [0, 0.1) is 17.8 Å². The lowest BCUT2D eigenvalue weighted by Crippen LogP contribution is -2.26. The highest BCUT2D eigenvalue weighted by molar-refractivity contribution is 5.72. The van der Waals surface area contributed by atoms with E-state index < -0.39 is 0 Å². The van der Waals surface area contributed by atoms with E-state index in [0.717, 1.165) is 6.42 Å². The number of hydrogen-bond acceptors (Lipinski definition) is 2. The molecule has 0 bridgehead atoms. The van der Waals surface area contributed by atoms with Crippen molar-refractivity contribution in [2.24, 2.45) is 17.8 Å². The fourth-order valence-electron chi connectivity index (χ4n) is 1.47. The topological polar surface area (TPSA) is 26.3 Å². The Kier molecular flexibility index (Phi) is 5.82. The maximum atomic E-state index is 11.7. The van der Waals surface area contributed by atoms with Crippen molar-refractivity contribution in [3.63, 3.8) is 0 Å². The maximum Gasteiger partial charge on any atom is 0.309 e. The number of hydrogen-bond donors (Lipinski definition) is 0. The van der Waals surface area contributed by atoms with E-state index in [1.54, 1.807) is 0 Å². The van der Waals surface area contributed by atoms with Crippen molar-refractivity contribution in [3.05, 3.63) is 0 Å². The van der Waals surface area contributed by atoms with Gasteiger partial charge in [-0.3, -0.25) is 4.79 Å². The van der Waals surface area contributed by atoms with E-state index in [4.69, 9.17) is 4.74 Å². The Morgan fingerprint density at radius 3 is 1.86 bits per heavy atom. The molecule has 0 fully saturated rings. The van der Waals surface area contributed by atoms with Gasteiger partial charge in [-0.15, -0.1) is 0 Å². The third-order valence-electron chi connectivity index (χ3n) is 2.18. The van der Waals surface area contributed by atoms with Crippen LogP contribution in [0.3, 0.4) is 0 Å². The van der Waals surface area contributed by atoms with Crippen molar-refractivity contribution in [2.45, 2.75) is 54.1 Å². The summed E-state index contributed by atoms with van der Waals surface area (Å²) in [6.45, 7) is 12.2. The molecule has 1 unspecified atom stereocenters. The Hall–Kier alpha value is -0.530. The van der Waals surface area contributed by atoms with Crippen LogP contribution >= 0.6 is 0 Å². The molecular formula is C12H24O2. The number of rotatable bonds is 5. The van der Waals surface area contributed by atoms with Gasteiger partial charge < -0.3 is 4.74 Å². The first-order valence-corrected chi connectivity index (χ1v) is 5.55. The monoisotopic (exact) mass is 200 g/mol. The number of ether oxygens (including phenoxy) is 1. The summed E-state index contributed by atoms with van der Waals surface area (Å²) in [5.74, 6) is 0.923. The zero-order valence-corrected chi connectivity index (χ0v) is 10.3. The maximum absolute atomic E-state index is 11.7. The van der Waals surface area contributed by atoms with Crippen LogP contribution in [-0.2, 0) is 9.53 Å². The number of carbonyl (C=O) groups is 1. The Morgan fingerprint density at radius 2 is 1.57 bits per heavy atom. The Bertz CT molecular complexity index is 171. The number of carbonyl (C=O) groups excluding carboxylic acids is 1. The van der Waals surface area contributed by atoms with Gasteiger partial charge in [-0.2, -0.15) is 0 Å². The van der Waals surface area contributed by atoms with Gasteiger partial charge in [0.2, 0.25) is 0 Å². The predicted molar refractivity (Wildman–Crippen MR) is 59.0 cm³/mol. The zero-order valence-electron chi connectivity index (χ0n) is 10.3. The first-order valence-electron chi connectivity index (χ1n) is 5.55. The van der Waals surface area contributed by atoms with Gasteiger partial charge >= 0.3 is 5.97 Å². The smallest absolute Gasteiger partial charge is 0.309 e. The second-order valence-electron chi connectivity index (χ2n) is 4.97. The molecule has 84 valence electrons. The molecular weight excluding hydrogens is 176 g/mol. The Balaban J connectivity index is 4.26. The lowest BCUT2D eigenvalue weighted by atomic mass is 9.88. The summed E-state index contributed by atoms with van der Waals surface area (Å²) in [6, 6.07) is 0. The molecule has 0 amide bonds. The first-order chi connectivity index (χ1) is 6.34. The fourth-order valence-corrected chi connectivity index (χ4v) is 1.47. The molecule has 14 heavy (non-hydrogen) atoms. The first kappa shape index (κ1) is 13.5. The second-order valence-corrected chi connectivity index (χ2v) is 4.97. The Labute approximate surface area is 88.0 Å². The highest BCUT2D eigenvalue weighted by atomic mass is 16.5. The van der Waals surface area contributed by atoms with E-state index in [0.29, 0.717) is 11.8 Å². The summed E-state index contributed by atoms with van der Waals surface area (Å²) in [5, 5.41) is 0. The van der Waals surface area contributed by atoms with Crippen LogP contribution in [0.2, 0.25) is 0 Å². The van der Waals surface area contributed by atoms with E-state index in [1.165, 1.54) is 0 Å². The van der Waals surface area contributed by atoms with Gasteiger partial charge in [0, 0.05) is 0 Å². The molecule has 2 heteroatoms. The molecule has 0 saturated carbocycles. The lowest BCUT2D eigenvalue weighted by Gasteiger charge is -2.22. The van der Waals surface area contributed by atoms with Gasteiger partial charge in [0.1, 0.15) is 0 Å². The average Bonchev–Trinajstić information content (AvgIpc) is 1.97. The van der Waals surface area contributed by atoms with Crippen LogP contribution < -0.4 is 0 Å². The molecule has 0 radical (unpaired) electrons. The van der Waals surface area contributed by atoms with Crippen molar-refractivity contribution in [3.8, 4) is 0 Å². The van der Waals surface area contributed by atoms with Gasteiger partial charge in [0.25, 0.3) is 0 Å². The van der Waals surface area contributed by atoms with Gasteiger partial charge in [-0.1, -0.05) is 27.7 Å². The number of esters is 1. The van der Waals surface area contributed by atoms with Crippen LogP contribution in [0.15, 0.2) is 0 Å². The molecule has 0 spiro atoms. The highest BCUT2D eigenvalue weighted by Crippen LogP contribution is 2.22. The molecule has 0 aliphatic rings. The molecule has 0 aromatic carbocycles. The van der Waals surface area contributed by atoms with E-state index in [2.05, 4.69) is 27.7 Å². The van der Waals surface area contributed by atoms with Crippen molar-refractivity contribution in [2.75, 3.05) is 0 Å². The van der Waals surface area contributed by atoms with Gasteiger partial charge in [0.05, 0.1) is 12.0 Å². The van der Waals surface area contributed by atoms with Crippen LogP contribution in [0.5, 0.6) is 0 Å². The average molecular weight is 200 g/mol. The molecule has 0 aromatic rings. The summed E-state index contributed by atoms with van der Waals surface area (Å²) in [5.41, 5.74) is 0. The quantitative estimate of drug-likeness (QED) is 0.637. The van der Waals surface area contributed by atoms with Crippen molar-refractivity contribution >= 4 is 5.97 Å². The molecule has 1 atom stereocenters. The van der Waals surface area contributed by atoms with Gasteiger partial charge in [-0.05, 0) is 32.1 Å². The molecule has 0 aliphatic heterocycles. The van der Waals surface area contributed by atoms with E-state index in [-0.39, 0.29) is 18.0 Å². The summed E-state index contributed by atoms with van der Waals surface area (Å²) < 4.78 is 5.24. The third kappa shape index (κ3) is 5.25. The largest absolute Gasteiger partial charge is 0.463 e. The molecule has 0 N–H and O–H groups in total. The summed E-state index contributed by atoms with van der Waals surface area (Å²) >= 11 is 0. The summed E-state index contributed by atoms with van der Waals surface area (Å²) in [7, 11) is 0. The predicted octanol–water partition coefficient (Wildman–Crippen LogP) is 3.26. The SMILES string of the molecule is CC(C)CC(C(=O)OC(C)C)C(C)C. The second kappa shape index (κ2) is 6.05. The molecule has 0 aliphatic carbocycles. The minimum absolute atomic E-state index is 0.00378. The summed E-state index contributed by atoms with van der Waals surface area (Å²) in [6.07, 6.45) is 0.916. The van der Waals surface area contributed by atoms with E-state index in [9.17, 15) is 4.79 Å². The molecule has 0 rings (SSSR count). The van der Waals surface area contributed by atoms with Gasteiger partial charge in [0.15, 0.2) is 0 Å². The van der Waals surface area contributed by atoms with Crippen LogP contribution in [0.4, 0.5) is 0 Å². The standard InChI is InChI=1S/C12H24O2/c1-8(2)7-11(9(3)4)12(13)14-10(5)6/h8-11H,7H2,1-6H3. The van der Waals surface area contributed by atoms with E-state index >= 15 is 0 Å².